The largest absolute Gasteiger partial charge is 0.481 e. The van der Waals surface area contributed by atoms with E-state index in [1.165, 1.54) is 0 Å². The molecule has 0 spiro atoms. The number of hydrogen-bond acceptors (Lipinski definition) is 3. The summed E-state index contributed by atoms with van der Waals surface area (Å²) in [6.07, 6.45) is 0.762. The maximum Gasteiger partial charge on any atom is 0.341 e. The van der Waals surface area contributed by atoms with Crippen LogP contribution in [0.3, 0.4) is 0 Å². The van der Waals surface area contributed by atoms with Gasteiger partial charge in [0.25, 0.3) is 0 Å². The van der Waals surface area contributed by atoms with Crippen LogP contribution in [0.15, 0.2) is 6.07 Å². The van der Waals surface area contributed by atoms with Gasteiger partial charge in [-0.05, 0) is 31.9 Å². The average molecular weight is 222 g/mol. The summed E-state index contributed by atoms with van der Waals surface area (Å²) in [5.41, 5.74) is 2.95. The molecule has 0 aliphatic heterocycles. The van der Waals surface area contributed by atoms with Crippen LogP contribution in [0.4, 0.5) is 0 Å². The van der Waals surface area contributed by atoms with Crippen molar-refractivity contribution in [3.05, 3.63) is 28.3 Å². The van der Waals surface area contributed by atoms with Crippen molar-refractivity contribution in [2.75, 3.05) is 6.61 Å². The molecule has 0 aliphatic carbocycles. The number of carboxylic acid groups (broad SMARTS) is 1. The zero-order valence-electron chi connectivity index (χ0n) is 9.53. The number of aryl methyl sites for hydroxylation is 2. The Labute approximate surface area is 93.9 Å². The third-order valence-electron chi connectivity index (χ3n) is 2.42. The van der Waals surface area contributed by atoms with Crippen LogP contribution in [0.1, 0.15) is 27.0 Å². The molecule has 4 nitrogen and oxygen atoms in total. The lowest BCUT2D eigenvalue weighted by atomic mass is 9.99. The highest BCUT2D eigenvalue weighted by Crippen LogP contribution is 2.27. The molecule has 0 unspecified atom stereocenters. The van der Waals surface area contributed by atoms with Crippen molar-refractivity contribution < 1.29 is 19.4 Å². The number of hydrogen-bond donors (Lipinski definition) is 1. The fourth-order valence-electron chi connectivity index (χ4n) is 1.72. The molecule has 0 amide bonds. The van der Waals surface area contributed by atoms with Gasteiger partial charge in [0.15, 0.2) is 12.9 Å². The van der Waals surface area contributed by atoms with Gasteiger partial charge in [-0.2, -0.15) is 0 Å². The predicted molar refractivity (Wildman–Crippen MR) is 59.2 cm³/mol. The van der Waals surface area contributed by atoms with Crippen molar-refractivity contribution >= 4 is 12.3 Å². The number of benzene rings is 1. The number of carbonyl (C=O) groups excluding carboxylic acids is 1. The molecule has 16 heavy (non-hydrogen) atoms. The Bertz CT molecular complexity index is 435. The lowest BCUT2D eigenvalue weighted by molar-refractivity contribution is -0.139. The summed E-state index contributed by atoms with van der Waals surface area (Å²) in [7, 11) is 0. The van der Waals surface area contributed by atoms with E-state index in [2.05, 4.69) is 0 Å². The second kappa shape index (κ2) is 4.79. The van der Waals surface area contributed by atoms with E-state index in [-0.39, 0.29) is 0 Å². The number of rotatable bonds is 4. The molecule has 0 saturated heterocycles. The van der Waals surface area contributed by atoms with E-state index < -0.39 is 12.6 Å². The van der Waals surface area contributed by atoms with Crippen molar-refractivity contribution in [1.82, 2.24) is 0 Å². The fraction of sp³-hybridized carbons (Fsp3) is 0.333. The number of carbonyl (C=O) groups is 2. The molecular formula is C12H14O4. The van der Waals surface area contributed by atoms with E-state index in [4.69, 9.17) is 9.84 Å². The zero-order valence-corrected chi connectivity index (χ0v) is 9.53. The van der Waals surface area contributed by atoms with Crippen molar-refractivity contribution in [2.45, 2.75) is 20.8 Å². The van der Waals surface area contributed by atoms with Crippen LogP contribution < -0.4 is 4.74 Å². The summed E-state index contributed by atoms with van der Waals surface area (Å²) in [6.45, 7) is 5.01. The summed E-state index contributed by atoms with van der Waals surface area (Å²) in [5, 5.41) is 8.54. The number of aliphatic carboxylic acids is 1. The SMILES string of the molecule is Cc1cc(C)c(OCC(=O)O)c(C)c1C=O. The van der Waals surface area contributed by atoms with E-state index in [0.717, 1.165) is 17.4 Å². The van der Waals surface area contributed by atoms with E-state index in [1.807, 2.05) is 19.9 Å². The summed E-state index contributed by atoms with van der Waals surface area (Å²) < 4.78 is 5.17. The van der Waals surface area contributed by atoms with Crippen LogP contribution >= 0.6 is 0 Å². The van der Waals surface area contributed by atoms with Gasteiger partial charge in [0.2, 0.25) is 0 Å². The molecule has 4 heteroatoms. The smallest absolute Gasteiger partial charge is 0.341 e. The minimum atomic E-state index is -1.04. The zero-order chi connectivity index (χ0) is 12.3. The molecule has 1 N–H and O–H groups in total. The Kier molecular flexibility index (Phi) is 3.66. The van der Waals surface area contributed by atoms with Gasteiger partial charge in [0, 0.05) is 11.1 Å². The van der Waals surface area contributed by atoms with Crippen LogP contribution in [-0.2, 0) is 4.79 Å². The molecular weight excluding hydrogens is 208 g/mol. The summed E-state index contributed by atoms with van der Waals surface area (Å²) in [4.78, 5) is 21.3. The van der Waals surface area contributed by atoms with Crippen LogP contribution in [-0.4, -0.2) is 24.0 Å². The molecule has 0 bridgehead atoms. The van der Waals surface area contributed by atoms with Crippen molar-refractivity contribution in [2.24, 2.45) is 0 Å². The first-order chi connectivity index (χ1) is 7.47. The quantitative estimate of drug-likeness (QED) is 0.790. The van der Waals surface area contributed by atoms with Gasteiger partial charge in [-0.25, -0.2) is 4.79 Å². The van der Waals surface area contributed by atoms with Gasteiger partial charge in [0.05, 0.1) is 0 Å². The maximum atomic E-state index is 10.9. The minimum Gasteiger partial charge on any atom is -0.481 e. The highest BCUT2D eigenvalue weighted by molar-refractivity contribution is 5.81. The van der Waals surface area contributed by atoms with Crippen LogP contribution in [0.5, 0.6) is 5.75 Å². The van der Waals surface area contributed by atoms with Gasteiger partial charge in [0.1, 0.15) is 5.75 Å². The Morgan fingerprint density at radius 3 is 2.50 bits per heavy atom. The molecule has 1 aromatic rings. The lowest BCUT2D eigenvalue weighted by Gasteiger charge is -2.14. The van der Waals surface area contributed by atoms with Crippen molar-refractivity contribution in [3.8, 4) is 5.75 Å². The molecule has 0 aliphatic rings. The maximum absolute atomic E-state index is 10.9. The topological polar surface area (TPSA) is 63.6 Å². The van der Waals surface area contributed by atoms with Crippen LogP contribution in [0, 0.1) is 20.8 Å². The monoisotopic (exact) mass is 222 g/mol. The Hall–Kier alpha value is -1.84. The molecule has 1 aromatic carbocycles. The predicted octanol–water partition coefficient (Wildman–Crippen LogP) is 1.89. The number of aldehydes is 1. The van der Waals surface area contributed by atoms with E-state index in [0.29, 0.717) is 16.9 Å². The molecule has 86 valence electrons. The Morgan fingerprint density at radius 2 is 2.00 bits per heavy atom. The fourth-order valence-corrected chi connectivity index (χ4v) is 1.72. The second-order valence-electron chi connectivity index (χ2n) is 3.68. The van der Waals surface area contributed by atoms with E-state index in [9.17, 15) is 9.59 Å². The van der Waals surface area contributed by atoms with Gasteiger partial charge in [-0.1, -0.05) is 6.07 Å². The Balaban J connectivity index is 3.17. The number of carboxylic acids is 1. The third-order valence-corrected chi connectivity index (χ3v) is 2.42. The van der Waals surface area contributed by atoms with Crippen molar-refractivity contribution in [3.63, 3.8) is 0 Å². The van der Waals surface area contributed by atoms with Gasteiger partial charge in [-0.3, -0.25) is 4.79 Å². The second-order valence-corrected chi connectivity index (χ2v) is 3.68. The molecule has 0 radical (unpaired) electrons. The average Bonchev–Trinajstić information content (AvgIpc) is 2.16. The summed E-state index contributed by atoms with van der Waals surface area (Å²) >= 11 is 0. The van der Waals surface area contributed by atoms with Gasteiger partial charge < -0.3 is 9.84 Å². The van der Waals surface area contributed by atoms with E-state index in [1.54, 1.807) is 6.92 Å². The van der Waals surface area contributed by atoms with Crippen molar-refractivity contribution in [1.29, 1.82) is 0 Å². The molecule has 0 aromatic heterocycles. The van der Waals surface area contributed by atoms with Crippen LogP contribution in [0.2, 0.25) is 0 Å². The Morgan fingerprint density at radius 1 is 1.38 bits per heavy atom. The minimum absolute atomic E-state index is 0.400. The molecule has 0 fully saturated rings. The molecule has 1 rings (SSSR count). The highest BCUT2D eigenvalue weighted by Gasteiger charge is 2.12. The molecule has 0 heterocycles. The summed E-state index contributed by atoms with van der Waals surface area (Å²) in [5.74, 6) is -0.554. The molecule has 0 saturated carbocycles. The van der Waals surface area contributed by atoms with Gasteiger partial charge >= 0.3 is 5.97 Å². The highest BCUT2D eigenvalue weighted by atomic mass is 16.5. The molecule has 0 atom stereocenters. The first-order valence-electron chi connectivity index (χ1n) is 4.88. The third kappa shape index (κ3) is 2.39. The standard InChI is InChI=1S/C12H14O4/c1-7-4-8(2)12(16-6-11(14)15)9(3)10(7)5-13/h4-5H,6H2,1-3H3,(H,14,15). The first kappa shape index (κ1) is 12.2. The lowest BCUT2D eigenvalue weighted by Crippen LogP contribution is -2.11. The first-order valence-corrected chi connectivity index (χ1v) is 4.88. The number of ether oxygens (including phenoxy) is 1. The van der Waals surface area contributed by atoms with Crippen LogP contribution in [0.25, 0.3) is 0 Å². The normalized spacial score (nSPS) is 9.94. The van der Waals surface area contributed by atoms with E-state index >= 15 is 0 Å². The summed E-state index contributed by atoms with van der Waals surface area (Å²) in [6, 6.07) is 1.81. The van der Waals surface area contributed by atoms with Gasteiger partial charge in [-0.15, -0.1) is 0 Å².